The summed E-state index contributed by atoms with van der Waals surface area (Å²) in [7, 11) is 0. The van der Waals surface area contributed by atoms with Gasteiger partial charge in [0.25, 0.3) is 5.91 Å². The normalized spacial score (nSPS) is 14.6. The van der Waals surface area contributed by atoms with Crippen molar-refractivity contribution in [1.82, 2.24) is 30.1 Å². The molecule has 0 saturated carbocycles. The van der Waals surface area contributed by atoms with Crippen molar-refractivity contribution in [2.75, 3.05) is 18.0 Å². The Morgan fingerprint density at radius 2 is 1.89 bits per heavy atom. The van der Waals surface area contributed by atoms with E-state index < -0.39 is 17.8 Å². The van der Waals surface area contributed by atoms with Gasteiger partial charge in [-0.05, 0) is 37.1 Å². The third kappa shape index (κ3) is 3.59. The molecule has 1 amide bonds. The molecule has 1 fully saturated rings. The molecule has 146 valence electrons. The predicted octanol–water partition coefficient (Wildman–Crippen LogP) is 2.07. The number of hydrogen-bond donors (Lipinski definition) is 1. The maximum absolute atomic E-state index is 12.6. The van der Waals surface area contributed by atoms with Crippen LogP contribution in [0.5, 0.6) is 0 Å². The Kier molecular flexibility index (Phi) is 4.57. The average molecular weight is 391 g/mol. The number of carbonyl (C=O) groups excluding carboxylic acids is 1. The third-order valence-corrected chi connectivity index (χ3v) is 4.47. The van der Waals surface area contributed by atoms with E-state index in [-0.39, 0.29) is 12.1 Å². The van der Waals surface area contributed by atoms with E-state index >= 15 is 0 Å². The van der Waals surface area contributed by atoms with E-state index in [4.69, 9.17) is 0 Å². The van der Waals surface area contributed by atoms with E-state index in [0.717, 1.165) is 50.1 Å². The van der Waals surface area contributed by atoms with Crippen molar-refractivity contribution in [2.24, 2.45) is 0 Å². The Morgan fingerprint density at radius 3 is 2.57 bits per heavy atom. The lowest BCUT2D eigenvalue weighted by molar-refractivity contribution is -0.141. The van der Waals surface area contributed by atoms with Gasteiger partial charge >= 0.3 is 6.18 Å². The Labute approximate surface area is 157 Å². The Morgan fingerprint density at radius 1 is 1.11 bits per heavy atom. The molecule has 1 aliphatic heterocycles. The minimum atomic E-state index is -4.55. The van der Waals surface area contributed by atoms with Crippen molar-refractivity contribution < 1.29 is 18.0 Å². The van der Waals surface area contributed by atoms with Gasteiger partial charge in [-0.15, -0.1) is 15.3 Å². The summed E-state index contributed by atoms with van der Waals surface area (Å²) in [6, 6.07) is 5.53. The molecule has 0 aromatic carbocycles. The van der Waals surface area contributed by atoms with E-state index in [1.165, 1.54) is 0 Å². The van der Waals surface area contributed by atoms with Crippen molar-refractivity contribution >= 4 is 17.4 Å². The van der Waals surface area contributed by atoms with Gasteiger partial charge in [-0.1, -0.05) is 0 Å². The molecule has 1 aliphatic rings. The van der Waals surface area contributed by atoms with E-state index in [1.54, 1.807) is 10.6 Å². The molecule has 0 atom stereocenters. The van der Waals surface area contributed by atoms with Crippen molar-refractivity contribution in [3.05, 3.63) is 47.5 Å². The number of nitrogens with zero attached hydrogens (tertiary/aromatic N) is 6. The summed E-state index contributed by atoms with van der Waals surface area (Å²) in [5.41, 5.74) is -0.484. The third-order valence-electron chi connectivity index (χ3n) is 4.47. The molecule has 4 rings (SSSR count). The van der Waals surface area contributed by atoms with Crippen LogP contribution in [0.3, 0.4) is 0 Å². The first-order valence-corrected chi connectivity index (χ1v) is 8.69. The van der Waals surface area contributed by atoms with Crippen LogP contribution in [0.25, 0.3) is 5.65 Å². The lowest BCUT2D eigenvalue weighted by Crippen LogP contribution is -2.25. The molecule has 1 saturated heterocycles. The first-order chi connectivity index (χ1) is 13.4. The van der Waals surface area contributed by atoms with Crippen molar-refractivity contribution in [3.63, 3.8) is 0 Å². The molecule has 0 unspecified atom stereocenters. The summed E-state index contributed by atoms with van der Waals surface area (Å²) >= 11 is 0. The van der Waals surface area contributed by atoms with Crippen LogP contribution in [-0.2, 0) is 12.7 Å². The van der Waals surface area contributed by atoms with Gasteiger partial charge in [0.05, 0.1) is 12.1 Å². The van der Waals surface area contributed by atoms with Crippen LogP contribution in [0.15, 0.2) is 30.5 Å². The van der Waals surface area contributed by atoms with Crippen LogP contribution in [0.1, 0.15) is 34.7 Å². The van der Waals surface area contributed by atoms with E-state index in [2.05, 4.69) is 30.5 Å². The number of alkyl halides is 3. The highest BCUT2D eigenvalue weighted by molar-refractivity contribution is 5.93. The second kappa shape index (κ2) is 7.06. The summed E-state index contributed by atoms with van der Waals surface area (Å²) in [6.45, 7) is 1.90. The first kappa shape index (κ1) is 18.1. The smallest absolute Gasteiger partial charge is 0.355 e. The fourth-order valence-electron chi connectivity index (χ4n) is 3.01. The zero-order chi connectivity index (χ0) is 19.7. The fraction of sp³-hybridized carbons (Fsp3) is 0.353. The second-order valence-electron chi connectivity index (χ2n) is 6.38. The van der Waals surface area contributed by atoms with Gasteiger partial charge in [0.2, 0.25) is 0 Å². The zero-order valence-corrected chi connectivity index (χ0v) is 14.6. The van der Waals surface area contributed by atoms with Gasteiger partial charge in [-0.2, -0.15) is 17.7 Å². The molecule has 0 aliphatic carbocycles. The van der Waals surface area contributed by atoms with Gasteiger partial charge < -0.3 is 10.2 Å². The summed E-state index contributed by atoms with van der Waals surface area (Å²) < 4.78 is 39.2. The first-order valence-electron chi connectivity index (χ1n) is 8.69. The molecule has 0 radical (unpaired) electrons. The van der Waals surface area contributed by atoms with Crippen LogP contribution in [0.2, 0.25) is 0 Å². The minimum Gasteiger partial charge on any atom is -0.355 e. The summed E-state index contributed by atoms with van der Waals surface area (Å²) in [5, 5.41) is 15.2. The summed E-state index contributed by atoms with van der Waals surface area (Å²) in [4.78, 5) is 17.6. The van der Waals surface area contributed by atoms with Gasteiger partial charge in [-0.25, -0.2) is 0 Å². The van der Waals surface area contributed by atoms with Crippen LogP contribution in [0, 0.1) is 0 Å². The van der Waals surface area contributed by atoms with Gasteiger partial charge in [0, 0.05) is 19.3 Å². The molecule has 1 N–H and O–H groups in total. The van der Waals surface area contributed by atoms with Crippen LogP contribution in [0.4, 0.5) is 19.0 Å². The number of hydrogen-bond acceptors (Lipinski definition) is 6. The predicted molar refractivity (Wildman–Crippen MR) is 92.6 cm³/mol. The molecule has 3 aromatic rings. The number of halogens is 3. The summed E-state index contributed by atoms with van der Waals surface area (Å²) in [5.74, 6) is 0.669. The van der Waals surface area contributed by atoms with Crippen LogP contribution in [-0.4, -0.2) is 43.8 Å². The van der Waals surface area contributed by atoms with Crippen LogP contribution >= 0.6 is 0 Å². The number of anilines is 1. The van der Waals surface area contributed by atoms with Crippen molar-refractivity contribution in [1.29, 1.82) is 0 Å². The maximum atomic E-state index is 12.6. The highest BCUT2D eigenvalue weighted by Gasteiger charge is 2.32. The topological polar surface area (TPSA) is 88.3 Å². The molecule has 4 heterocycles. The SMILES string of the molecule is O=C(NCc1nnc2ccc(N3CCCC3)nn12)c1ccc(C(F)(F)F)nc1. The molecule has 3 aromatic heterocycles. The van der Waals surface area contributed by atoms with Crippen LogP contribution < -0.4 is 10.2 Å². The van der Waals surface area contributed by atoms with Crippen molar-refractivity contribution in [2.45, 2.75) is 25.6 Å². The Bertz CT molecular complexity index is 994. The Balaban J connectivity index is 1.47. The number of amides is 1. The fourth-order valence-corrected chi connectivity index (χ4v) is 3.01. The molecule has 11 heteroatoms. The van der Waals surface area contributed by atoms with Gasteiger partial charge in [0.15, 0.2) is 11.5 Å². The van der Waals surface area contributed by atoms with Gasteiger partial charge in [0.1, 0.15) is 11.5 Å². The lowest BCUT2D eigenvalue weighted by atomic mass is 10.2. The lowest BCUT2D eigenvalue weighted by Gasteiger charge is -2.15. The number of nitrogens with one attached hydrogen (secondary N) is 1. The van der Waals surface area contributed by atoms with Gasteiger partial charge in [-0.3, -0.25) is 9.78 Å². The standard InChI is InChI=1S/C17H16F3N7O/c18-17(19,20)12-4-3-11(9-21-12)16(28)22-10-15-24-23-13-5-6-14(25-27(13)15)26-7-1-2-8-26/h3-6,9H,1-2,7-8,10H2,(H,22,28). The highest BCUT2D eigenvalue weighted by Crippen LogP contribution is 2.27. The largest absolute Gasteiger partial charge is 0.433 e. The number of aromatic nitrogens is 5. The second-order valence-corrected chi connectivity index (χ2v) is 6.38. The van der Waals surface area contributed by atoms with E-state index in [0.29, 0.717) is 11.5 Å². The number of pyridine rings is 1. The minimum absolute atomic E-state index is 0.0209. The molecule has 28 heavy (non-hydrogen) atoms. The molecule has 0 spiro atoms. The highest BCUT2D eigenvalue weighted by atomic mass is 19.4. The average Bonchev–Trinajstić information content (AvgIpc) is 3.35. The molecular formula is C17H16F3N7O. The molecule has 8 nitrogen and oxygen atoms in total. The van der Waals surface area contributed by atoms with Crippen molar-refractivity contribution in [3.8, 4) is 0 Å². The number of fused-ring (bicyclic) bond motifs is 1. The number of carbonyl (C=O) groups is 1. The zero-order valence-electron chi connectivity index (χ0n) is 14.6. The molecular weight excluding hydrogens is 375 g/mol. The Hall–Kier alpha value is -3.24. The van der Waals surface area contributed by atoms with E-state index in [1.807, 2.05) is 6.07 Å². The maximum Gasteiger partial charge on any atom is 0.433 e. The quantitative estimate of drug-likeness (QED) is 0.733. The molecule has 0 bridgehead atoms. The number of rotatable bonds is 4. The monoisotopic (exact) mass is 391 g/mol. The van der Waals surface area contributed by atoms with E-state index in [9.17, 15) is 18.0 Å². The summed E-state index contributed by atoms with van der Waals surface area (Å²) in [6.07, 6.45) is -1.42.